The van der Waals surface area contributed by atoms with Crippen molar-refractivity contribution >= 4 is 11.8 Å². The summed E-state index contributed by atoms with van der Waals surface area (Å²) in [6.07, 6.45) is 0. The molecule has 0 fully saturated rings. The van der Waals surface area contributed by atoms with Crippen molar-refractivity contribution in [3.63, 3.8) is 0 Å². The van der Waals surface area contributed by atoms with Crippen LogP contribution in [0.2, 0.25) is 0 Å². The van der Waals surface area contributed by atoms with Crippen LogP contribution < -0.4 is 15.2 Å². The van der Waals surface area contributed by atoms with E-state index >= 15 is 0 Å². The molecule has 3 nitrogen and oxygen atoms in total. The number of nitrogens with two attached hydrogens (primary N) is 1. The van der Waals surface area contributed by atoms with Crippen LogP contribution in [0.15, 0.2) is 23.1 Å². The lowest BCUT2D eigenvalue weighted by Crippen LogP contribution is -2.17. The Morgan fingerprint density at radius 2 is 1.93 bits per heavy atom. The first-order valence-corrected chi connectivity index (χ1v) is 5.76. The summed E-state index contributed by atoms with van der Waals surface area (Å²) in [4.78, 5) is 1.14. The molecule has 84 valence electrons. The smallest absolute Gasteiger partial charge is 0.161 e. The molecule has 0 saturated carbocycles. The van der Waals surface area contributed by atoms with Gasteiger partial charge in [0.15, 0.2) is 11.5 Å². The Morgan fingerprint density at radius 3 is 2.47 bits per heavy atom. The maximum Gasteiger partial charge on any atom is 0.161 e. The Balaban J connectivity index is 2.74. The standard InChI is InChI=1S/C11H17NO2S/c1-8(12)7-15-9-4-5-10(13-2)11(6-9)14-3/h4-6,8H,7,12H2,1-3H3. The molecule has 0 aliphatic heterocycles. The Morgan fingerprint density at radius 1 is 1.27 bits per heavy atom. The number of benzene rings is 1. The SMILES string of the molecule is COc1ccc(SCC(C)N)cc1OC. The first-order valence-electron chi connectivity index (χ1n) is 4.77. The van der Waals surface area contributed by atoms with E-state index in [9.17, 15) is 0 Å². The number of thioether (sulfide) groups is 1. The van der Waals surface area contributed by atoms with Gasteiger partial charge in [0, 0.05) is 16.7 Å². The highest BCUT2D eigenvalue weighted by Crippen LogP contribution is 2.31. The van der Waals surface area contributed by atoms with Crippen molar-refractivity contribution in [2.75, 3.05) is 20.0 Å². The zero-order chi connectivity index (χ0) is 11.3. The molecule has 0 amide bonds. The molecular formula is C11H17NO2S. The average Bonchev–Trinajstić information content (AvgIpc) is 2.25. The van der Waals surface area contributed by atoms with Crippen LogP contribution in [0, 0.1) is 0 Å². The molecule has 0 spiro atoms. The van der Waals surface area contributed by atoms with E-state index in [-0.39, 0.29) is 6.04 Å². The zero-order valence-corrected chi connectivity index (χ0v) is 10.1. The van der Waals surface area contributed by atoms with Gasteiger partial charge in [-0.15, -0.1) is 11.8 Å². The first kappa shape index (κ1) is 12.2. The van der Waals surface area contributed by atoms with E-state index in [2.05, 4.69) is 0 Å². The van der Waals surface area contributed by atoms with Gasteiger partial charge in [-0.1, -0.05) is 0 Å². The van der Waals surface area contributed by atoms with Crippen molar-refractivity contribution in [1.82, 2.24) is 0 Å². The predicted octanol–water partition coefficient (Wildman–Crippen LogP) is 2.14. The number of hydrogen-bond acceptors (Lipinski definition) is 4. The largest absolute Gasteiger partial charge is 0.493 e. The quantitative estimate of drug-likeness (QED) is 0.783. The number of ether oxygens (including phenoxy) is 2. The molecule has 1 aromatic rings. The lowest BCUT2D eigenvalue weighted by atomic mass is 10.3. The summed E-state index contributed by atoms with van der Waals surface area (Å²) in [6.45, 7) is 1.99. The van der Waals surface area contributed by atoms with Crippen LogP contribution >= 0.6 is 11.8 Å². The van der Waals surface area contributed by atoms with Gasteiger partial charge in [-0.3, -0.25) is 0 Å². The predicted molar refractivity (Wildman–Crippen MR) is 63.9 cm³/mol. The van der Waals surface area contributed by atoms with Crippen LogP contribution in [0.4, 0.5) is 0 Å². The molecule has 15 heavy (non-hydrogen) atoms. The van der Waals surface area contributed by atoms with Gasteiger partial charge in [-0.25, -0.2) is 0 Å². The third-order valence-electron chi connectivity index (χ3n) is 1.87. The second-order valence-corrected chi connectivity index (χ2v) is 4.40. The van der Waals surface area contributed by atoms with Crippen molar-refractivity contribution in [2.45, 2.75) is 17.9 Å². The third-order valence-corrected chi connectivity index (χ3v) is 3.15. The summed E-state index contributed by atoms with van der Waals surface area (Å²) < 4.78 is 10.4. The van der Waals surface area contributed by atoms with Gasteiger partial charge in [0.1, 0.15) is 0 Å². The maximum atomic E-state index is 5.69. The minimum atomic E-state index is 0.197. The van der Waals surface area contributed by atoms with Crippen LogP contribution in [0.3, 0.4) is 0 Å². The van der Waals surface area contributed by atoms with Crippen LogP contribution in [-0.2, 0) is 0 Å². The van der Waals surface area contributed by atoms with E-state index in [0.717, 1.165) is 22.1 Å². The van der Waals surface area contributed by atoms with E-state index in [1.54, 1.807) is 26.0 Å². The number of hydrogen-bond donors (Lipinski definition) is 1. The molecule has 0 aliphatic carbocycles. The second kappa shape index (κ2) is 5.88. The molecule has 4 heteroatoms. The van der Waals surface area contributed by atoms with Crippen molar-refractivity contribution < 1.29 is 9.47 Å². The molecule has 0 aromatic heterocycles. The Bertz CT molecular complexity index is 315. The van der Waals surface area contributed by atoms with Gasteiger partial charge in [0.25, 0.3) is 0 Å². The van der Waals surface area contributed by atoms with Crippen LogP contribution in [0.25, 0.3) is 0 Å². The number of rotatable bonds is 5. The molecular weight excluding hydrogens is 210 g/mol. The lowest BCUT2D eigenvalue weighted by molar-refractivity contribution is 0.354. The third kappa shape index (κ3) is 3.64. The summed E-state index contributed by atoms with van der Waals surface area (Å²) >= 11 is 1.72. The Hall–Kier alpha value is -0.870. The number of methoxy groups -OCH3 is 2. The molecule has 1 unspecified atom stereocenters. The molecule has 0 radical (unpaired) electrons. The monoisotopic (exact) mass is 227 g/mol. The van der Waals surface area contributed by atoms with E-state index in [1.807, 2.05) is 25.1 Å². The van der Waals surface area contributed by atoms with Crippen LogP contribution in [-0.4, -0.2) is 26.0 Å². The van der Waals surface area contributed by atoms with E-state index in [4.69, 9.17) is 15.2 Å². The van der Waals surface area contributed by atoms with Gasteiger partial charge in [-0.05, 0) is 25.1 Å². The summed E-state index contributed by atoms with van der Waals surface area (Å²) in [7, 11) is 3.27. The second-order valence-electron chi connectivity index (χ2n) is 3.31. The Kier molecular flexibility index (Phi) is 4.78. The topological polar surface area (TPSA) is 44.5 Å². The fourth-order valence-corrected chi connectivity index (χ4v) is 1.94. The van der Waals surface area contributed by atoms with Crippen molar-refractivity contribution in [3.05, 3.63) is 18.2 Å². The molecule has 1 atom stereocenters. The minimum absolute atomic E-state index is 0.197. The molecule has 1 aromatic carbocycles. The average molecular weight is 227 g/mol. The molecule has 0 saturated heterocycles. The fourth-order valence-electron chi connectivity index (χ4n) is 1.13. The van der Waals surface area contributed by atoms with Crippen molar-refractivity contribution in [2.24, 2.45) is 5.73 Å². The minimum Gasteiger partial charge on any atom is -0.493 e. The normalized spacial score (nSPS) is 12.3. The first-order chi connectivity index (χ1) is 7.17. The maximum absolute atomic E-state index is 5.69. The lowest BCUT2D eigenvalue weighted by Gasteiger charge is -2.10. The van der Waals surface area contributed by atoms with Crippen LogP contribution in [0.1, 0.15) is 6.92 Å². The highest BCUT2D eigenvalue weighted by Gasteiger charge is 2.05. The van der Waals surface area contributed by atoms with E-state index in [0.29, 0.717) is 0 Å². The van der Waals surface area contributed by atoms with Gasteiger partial charge in [0.2, 0.25) is 0 Å². The van der Waals surface area contributed by atoms with Crippen molar-refractivity contribution in [3.8, 4) is 11.5 Å². The van der Waals surface area contributed by atoms with Gasteiger partial charge in [-0.2, -0.15) is 0 Å². The van der Waals surface area contributed by atoms with Crippen molar-refractivity contribution in [1.29, 1.82) is 0 Å². The zero-order valence-electron chi connectivity index (χ0n) is 9.32. The van der Waals surface area contributed by atoms with Gasteiger partial charge >= 0.3 is 0 Å². The summed E-state index contributed by atoms with van der Waals surface area (Å²) in [5.41, 5.74) is 5.69. The van der Waals surface area contributed by atoms with E-state index < -0.39 is 0 Å². The molecule has 0 heterocycles. The Labute approximate surface area is 94.9 Å². The van der Waals surface area contributed by atoms with Gasteiger partial charge < -0.3 is 15.2 Å². The van der Waals surface area contributed by atoms with E-state index in [1.165, 1.54) is 0 Å². The summed E-state index contributed by atoms with van der Waals surface area (Å²) in [6, 6.07) is 6.07. The van der Waals surface area contributed by atoms with Gasteiger partial charge in [0.05, 0.1) is 14.2 Å². The van der Waals surface area contributed by atoms with Crippen LogP contribution in [0.5, 0.6) is 11.5 Å². The molecule has 0 aliphatic rings. The molecule has 1 rings (SSSR count). The highest BCUT2D eigenvalue weighted by atomic mass is 32.2. The fraction of sp³-hybridized carbons (Fsp3) is 0.455. The molecule has 2 N–H and O–H groups in total. The summed E-state index contributed by atoms with van der Waals surface area (Å²) in [5.74, 6) is 2.41. The molecule has 0 bridgehead atoms. The summed E-state index contributed by atoms with van der Waals surface area (Å²) in [5, 5.41) is 0. The highest BCUT2D eigenvalue weighted by molar-refractivity contribution is 7.99.